The van der Waals surface area contributed by atoms with Crippen molar-refractivity contribution >= 4 is 12.2 Å². The number of carbonyl (C=O) groups is 1. The number of aliphatic hydroxyl groups is 4. The number of carbonyl (C=O) groups excluding carboxylic acids is 1. The number of hydrogen-bond donors (Lipinski definition) is 4. The van der Waals surface area contributed by atoms with Gasteiger partial charge in [-0.3, -0.25) is 4.99 Å². The van der Waals surface area contributed by atoms with E-state index in [4.69, 9.17) is 19.2 Å². The first kappa shape index (κ1) is 38.4. The summed E-state index contributed by atoms with van der Waals surface area (Å²) < 4.78 is 17.7. The van der Waals surface area contributed by atoms with Crippen molar-refractivity contribution in [1.82, 2.24) is 0 Å². The van der Waals surface area contributed by atoms with Crippen molar-refractivity contribution in [2.24, 2.45) is 33.6 Å². The first-order valence-electron chi connectivity index (χ1n) is 20.5. The molecule has 1 saturated heterocycles. The Labute approximate surface area is 300 Å². The van der Waals surface area contributed by atoms with Gasteiger partial charge in [-0.1, -0.05) is 71.6 Å². The number of fused-ring (bicyclic) bond motifs is 5. The van der Waals surface area contributed by atoms with Gasteiger partial charge in [0.25, 0.3) is 0 Å². The molecule has 5 fully saturated rings. The van der Waals surface area contributed by atoms with Crippen molar-refractivity contribution in [2.45, 2.75) is 191 Å². The molecule has 0 spiro atoms. The van der Waals surface area contributed by atoms with Crippen LogP contribution in [0.25, 0.3) is 0 Å². The first-order valence-corrected chi connectivity index (χ1v) is 20.5. The first-order chi connectivity index (χ1) is 24.0. The molecule has 0 radical (unpaired) electrons. The molecule has 4 aliphatic carbocycles. The SMILES string of the molecule is CCCCCCCCCCCCN=C[C@]12CC[C@H](O[C@@H]3C[C@@H](O)[C@H](O)[C@H](C)O3)C[C@@]1(O)CC[C@@H]1[C@@H]2CC[C@]2(C)[C@@H](C3=CC(=O)OC3)CC[C@]12O. The third-order valence-electron chi connectivity index (χ3n) is 14.6. The van der Waals surface area contributed by atoms with Crippen LogP contribution in [-0.4, -0.2) is 87.7 Å². The largest absolute Gasteiger partial charge is 0.458 e. The Morgan fingerprint density at radius 2 is 1.62 bits per heavy atom. The van der Waals surface area contributed by atoms with Crippen molar-refractivity contribution in [3.05, 3.63) is 11.6 Å². The number of aliphatic hydroxyl groups excluding tert-OH is 2. The van der Waals surface area contributed by atoms with Gasteiger partial charge in [-0.25, -0.2) is 4.79 Å². The number of hydrogen-bond acceptors (Lipinski definition) is 9. The maximum Gasteiger partial charge on any atom is 0.331 e. The van der Waals surface area contributed by atoms with Gasteiger partial charge in [0.15, 0.2) is 6.29 Å². The molecule has 12 atom stereocenters. The second-order valence-electron chi connectivity index (χ2n) is 17.4. The van der Waals surface area contributed by atoms with Crippen molar-refractivity contribution in [3.8, 4) is 0 Å². The second kappa shape index (κ2) is 15.9. The molecule has 6 rings (SSSR count). The molecule has 0 unspecified atom stereocenters. The standard InChI is InChI=1S/C41H67NO8/c1-4-5-6-7-8-9-10-11-12-13-22-42-27-39-19-14-30(50-36-24-34(43)37(45)28(2)49-36)25-40(39,46)20-16-33-32(39)15-18-38(3)31(17-21-41(33,38)47)29-23-35(44)48-26-29/h23,27-28,30-34,36-37,43,45-47H,4-22,24-26H2,1-3H3/t28-,30-,31+,32-,33+,34+,36+,37+,38+,39-,40-,41-/m0/s1. The number of esters is 1. The van der Waals surface area contributed by atoms with E-state index in [1.54, 1.807) is 13.0 Å². The minimum absolute atomic E-state index is 0.0329. The third-order valence-corrected chi connectivity index (χ3v) is 14.6. The summed E-state index contributed by atoms with van der Waals surface area (Å²) in [7, 11) is 0. The molecular formula is C41H67NO8. The number of aliphatic imine (C=N–C) groups is 1. The number of rotatable bonds is 15. The molecule has 0 aromatic carbocycles. The highest BCUT2D eigenvalue weighted by atomic mass is 16.7. The zero-order chi connectivity index (χ0) is 35.6. The van der Waals surface area contributed by atoms with E-state index >= 15 is 0 Å². The summed E-state index contributed by atoms with van der Waals surface area (Å²) in [6.07, 6.45) is 20.0. The Balaban J connectivity index is 1.15. The van der Waals surface area contributed by atoms with Crippen LogP contribution in [0.4, 0.5) is 0 Å². The lowest BCUT2D eigenvalue weighted by Gasteiger charge is -2.66. The van der Waals surface area contributed by atoms with Crippen molar-refractivity contribution < 1.29 is 39.4 Å². The molecule has 4 saturated carbocycles. The quantitative estimate of drug-likeness (QED) is 0.0651. The lowest BCUT2D eigenvalue weighted by molar-refractivity contribution is -0.282. The Hall–Kier alpha value is -1.36. The summed E-state index contributed by atoms with van der Waals surface area (Å²) in [6, 6.07) is 0. The Bertz CT molecular complexity index is 1210. The summed E-state index contributed by atoms with van der Waals surface area (Å²) in [6.45, 7) is 7.33. The van der Waals surface area contributed by atoms with Crippen LogP contribution in [0.5, 0.6) is 0 Å². The molecule has 0 bridgehead atoms. The average molecular weight is 702 g/mol. The van der Waals surface area contributed by atoms with Crippen LogP contribution in [0.2, 0.25) is 0 Å². The van der Waals surface area contributed by atoms with Crippen molar-refractivity contribution in [2.75, 3.05) is 13.2 Å². The second-order valence-corrected chi connectivity index (χ2v) is 17.4. The molecule has 9 heteroatoms. The van der Waals surface area contributed by atoms with E-state index in [2.05, 4.69) is 20.1 Å². The van der Waals surface area contributed by atoms with E-state index < -0.39 is 41.2 Å². The van der Waals surface area contributed by atoms with Gasteiger partial charge in [-0.05, 0) is 88.0 Å². The summed E-state index contributed by atoms with van der Waals surface area (Å²) >= 11 is 0. The van der Waals surface area contributed by atoms with E-state index in [0.717, 1.165) is 50.6 Å². The third kappa shape index (κ3) is 7.26. The van der Waals surface area contributed by atoms with E-state index in [1.165, 1.54) is 57.8 Å². The lowest BCUT2D eigenvalue weighted by atomic mass is 9.41. The summed E-state index contributed by atoms with van der Waals surface area (Å²) in [5, 5.41) is 46.2. The molecule has 50 heavy (non-hydrogen) atoms. The van der Waals surface area contributed by atoms with Gasteiger partial charge in [-0.15, -0.1) is 0 Å². The molecule has 2 heterocycles. The Morgan fingerprint density at radius 1 is 0.920 bits per heavy atom. The molecule has 9 nitrogen and oxygen atoms in total. The number of ether oxygens (including phenoxy) is 3. The van der Waals surface area contributed by atoms with E-state index in [0.29, 0.717) is 32.3 Å². The van der Waals surface area contributed by atoms with E-state index in [9.17, 15) is 25.2 Å². The summed E-state index contributed by atoms with van der Waals surface area (Å²) in [4.78, 5) is 17.1. The minimum Gasteiger partial charge on any atom is -0.458 e. The summed E-state index contributed by atoms with van der Waals surface area (Å²) in [5.74, 6) is -0.0252. The maximum absolute atomic E-state index is 12.8. The van der Waals surface area contributed by atoms with Crippen LogP contribution in [-0.2, 0) is 19.0 Å². The highest BCUT2D eigenvalue weighted by Crippen LogP contribution is 2.70. The van der Waals surface area contributed by atoms with Gasteiger partial charge in [0.2, 0.25) is 0 Å². The molecule has 0 aromatic rings. The summed E-state index contributed by atoms with van der Waals surface area (Å²) in [5.41, 5.74) is -1.80. The molecule has 4 N–H and O–H groups in total. The van der Waals surface area contributed by atoms with Gasteiger partial charge < -0.3 is 34.6 Å². The van der Waals surface area contributed by atoms with E-state index in [-0.39, 0.29) is 41.7 Å². The lowest BCUT2D eigenvalue weighted by Crippen LogP contribution is -2.69. The predicted octanol–water partition coefficient (Wildman–Crippen LogP) is 6.57. The molecule has 2 aliphatic heterocycles. The predicted molar refractivity (Wildman–Crippen MR) is 193 cm³/mol. The van der Waals surface area contributed by atoms with Gasteiger partial charge >= 0.3 is 5.97 Å². The fourth-order valence-corrected chi connectivity index (χ4v) is 11.7. The molecule has 6 aliphatic rings. The van der Waals surface area contributed by atoms with Gasteiger partial charge in [-0.2, -0.15) is 0 Å². The number of cyclic esters (lactones) is 1. The normalized spacial score (nSPS) is 44.5. The van der Waals surface area contributed by atoms with E-state index in [1.807, 2.05) is 0 Å². The zero-order valence-corrected chi connectivity index (χ0v) is 31.2. The Morgan fingerprint density at radius 3 is 2.30 bits per heavy atom. The van der Waals surface area contributed by atoms with Crippen molar-refractivity contribution in [3.63, 3.8) is 0 Å². The van der Waals surface area contributed by atoms with Crippen LogP contribution in [0.15, 0.2) is 16.6 Å². The smallest absolute Gasteiger partial charge is 0.331 e. The topological polar surface area (TPSA) is 138 Å². The Kier molecular flexibility index (Phi) is 12.2. The van der Waals surface area contributed by atoms with Gasteiger partial charge in [0.05, 0.1) is 29.5 Å². The van der Waals surface area contributed by atoms with Crippen molar-refractivity contribution in [1.29, 1.82) is 0 Å². The highest BCUT2D eigenvalue weighted by molar-refractivity contribution is 5.85. The zero-order valence-electron chi connectivity index (χ0n) is 31.2. The molecule has 284 valence electrons. The van der Waals surface area contributed by atoms with Gasteiger partial charge in [0, 0.05) is 42.5 Å². The van der Waals surface area contributed by atoms with Gasteiger partial charge in [0.1, 0.15) is 12.7 Å². The molecule has 0 amide bonds. The van der Waals surface area contributed by atoms with Crippen LogP contribution in [0.3, 0.4) is 0 Å². The highest BCUT2D eigenvalue weighted by Gasteiger charge is 2.71. The number of nitrogens with zero attached hydrogens (tertiary/aromatic N) is 1. The van der Waals surface area contributed by atoms with Crippen LogP contribution in [0.1, 0.15) is 149 Å². The fraction of sp³-hybridized carbons (Fsp3) is 0.902. The molecular weight excluding hydrogens is 634 g/mol. The monoisotopic (exact) mass is 701 g/mol. The van der Waals surface area contributed by atoms with Crippen LogP contribution >= 0.6 is 0 Å². The molecule has 0 aromatic heterocycles. The minimum atomic E-state index is -1.03. The number of unbranched alkanes of at least 4 members (excludes halogenated alkanes) is 9. The van der Waals surface area contributed by atoms with Crippen LogP contribution < -0.4 is 0 Å². The van der Waals surface area contributed by atoms with Crippen LogP contribution in [0, 0.1) is 28.6 Å². The maximum atomic E-state index is 12.8. The fourth-order valence-electron chi connectivity index (χ4n) is 11.7. The average Bonchev–Trinajstić information content (AvgIpc) is 3.63.